The van der Waals surface area contributed by atoms with Crippen molar-refractivity contribution in [3.05, 3.63) is 12.5 Å². The van der Waals surface area contributed by atoms with Gasteiger partial charge in [0, 0.05) is 13.6 Å². The molecule has 0 rings (SSSR count). The molecule has 0 aromatic rings. The van der Waals surface area contributed by atoms with E-state index in [0.29, 0.717) is 6.54 Å². The van der Waals surface area contributed by atoms with Crippen molar-refractivity contribution < 1.29 is 13.2 Å². The van der Waals surface area contributed by atoms with Gasteiger partial charge in [0.2, 0.25) is 0 Å². The zero-order chi connectivity index (χ0) is 9.78. The van der Waals surface area contributed by atoms with Crippen molar-refractivity contribution in [2.24, 2.45) is 0 Å². The molecule has 0 aliphatic rings. The number of nitrogens with zero attached hydrogens (tertiary/aromatic N) is 1. The van der Waals surface area contributed by atoms with Crippen molar-refractivity contribution in [3.8, 4) is 0 Å². The second kappa shape index (κ2) is 4.32. The summed E-state index contributed by atoms with van der Waals surface area (Å²) in [5.74, 6) is 0.00954. The number of hydrogen-bond acceptors (Lipinski definition) is 3. The maximum absolute atomic E-state index is 11.2. The maximum Gasteiger partial charge on any atom is 0.303 e. The Kier molecular flexibility index (Phi) is 4.05. The van der Waals surface area contributed by atoms with Crippen molar-refractivity contribution in [2.45, 2.75) is 6.92 Å². The summed E-state index contributed by atoms with van der Waals surface area (Å²) in [5.41, 5.74) is 0. The second-order valence-electron chi connectivity index (χ2n) is 2.15. The Bertz CT molecular complexity index is 248. The van der Waals surface area contributed by atoms with Gasteiger partial charge in [0.15, 0.2) is 5.88 Å². The Balaban J connectivity index is 4.34. The summed E-state index contributed by atoms with van der Waals surface area (Å²) in [4.78, 5) is 0. The minimum Gasteiger partial charge on any atom is -0.482 e. The third-order valence-electron chi connectivity index (χ3n) is 1.34. The number of rotatable bonds is 5. The van der Waals surface area contributed by atoms with Gasteiger partial charge in [0.1, 0.15) is 0 Å². The van der Waals surface area contributed by atoms with Gasteiger partial charge in [0.05, 0.1) is 7.11 Å². The van der Waals surface area contributed by atoms with Gasteiger partial charge in [-0.3, -0.25) is 0 Å². The molecule has 72 valence electrons. The van der Waals surface area contributed by atoms with E-state index in [1.54, 1.807) is 6.92 Å². The van der Waals surface area contributed by atoms with E-state index in [1.165, 1.54) is 14.2 Å². The second-order valence-corrected chi connectivity index (χ2v) is 3.93. The Morgan fingerprint density at radius 1 is 1.67 bits per heavy atom. The van der Waals surface area contributed by atoms with Crippen molar-refractivity contribution >= 4 is 10.2 Å². The van der Waals surface area contributed by atoms with E-state index in [9.17, 15) is 8.42 Å². The summed E-state index contributed by atoms with van der Waals surface area (Å²) in [6.45, 7) is 5.46. The van der Waals surface area contributed by atoms with Crippen LogP contribution in [0.4, 0.5) is 0 Å². The van der Waals surface area contributed by atoms with Crippen LogP contribution in [0.2, 0.25) is 0 Å². The van der Waals surface area contributed by atoms with Crippen LogP contribution in [0.25, 0.3) is 0 Å². The lowest BCUT2D eigenvalue weighted by Crippen LogP contribution is -2.37. The average Bonchev–Trinajstić information content (AvgIpc) is 2.02. The highest BCUT2D eigenvalue weighted by molar-refractivity contribution is 7.87. The monoisotopic (exact) mass is 194 g/mol. The molecule has 0 aromatic heterocycles. The van der Waals surface area contributed by atoms with Gasteiger partial charge in [-0.25, -0.2) is 4.72 Å². The lowest BCUT2D eigenvalue weighted by molar-refractivity contribution is 0.276. The summed E-state index contributed by atoms with van der Waals surface area (Å²) in [7, 11) is -0.655. The Morgan fingerprint density at radius 3 is 2.50 bits per heavy atom. The van der Waals surface area contributed by atoms with Gasteiger partial charge >= 0.3 is 10.2 Å². The lowest BCUT2D eigenvalue weighted by Gasteiger charge is -2.16. The van der Waals surface area contributed by atoms with E-state index in [-0.39, 0.29) is 5.88 Å². The van der Waals surface area contributed by atoms with Crippen LogP contribution in [0.5, 0.6) is 0 Å². The van der Waals surface area contributed by atoms with Crippen molar-refractivity contribution in [3.63, 3.8) is 0 Å². The Hall–Kier alpha value is -0.750. The molecule has 0 atom stereocenters. The first-order valence-corrected chi connectivity index (χ1v) is 4.85. The molecule has 0 fully saturated rings. The van der Waals surface area contributed by atoms with Gasteiger partial charge in [-0.05, 0) is 6.58 Å². The number of hydrogen-bond donors (Lipinski definition) is 1. The van der Waals surface area contributed by atoms with E-state index < -0.39 is 10.2 Å². The molecule has 5 nitrogen and oxygen atoms in total. The van der Waals surface area contributed by atoms with Crippen molar-refractivity contribution in [2.75, 3.05) is 20.7 Å². The minimum atomic E-state index is -3.46. The minimum absolute atomic E-state index is 0.00954. The van der Waals surface area contributed by atoms with Gasteiger partial charge in [-0.1, -0.05) is 6.92 Å². The Labute approximate surface area is 73.2 Å². The summed E-state index contributed by atoms with van der Waals surface area (Å²) < 4.78 is 30.3. The normalized spacial score (nSPS) is 11.3. The van der Waals surface area contributed by atoms with Crippen LogP contribution in [0.3, 0.4) is 0 Å². The van der Waals surface area contributed by atoms with Gasteiger partial charge in [-0.2, -0.15) is 12.7 Å². The number of nitrogens with one attached hydrogen (secondary N) is 1. The first-order chi connectivity index (χ1) is 5.44. The van der Waals surface area contributed by atoms with E-state index in [1.807, 2.05) is 0 Å². The van der Waals surface area contributed by atoms with E-state index in [4.69, 9.17) is 0 Å². The van der Waals surface area contributed by atoms with Crippen LogP contribution < -0.4 is 4.72 Å². The fourth-order valence-corrected chi connectivity index (χ4v) is 1.30. The molecule has 0 unspecified atom stereocenters. The molecular weight excluding hydrogens is 180 g/mol. The average molecular weight is 194 g/mol. The molecular formula is C6H14N2O3S. The predicted octanol–water partition coefficient (Wildman–Crippen LogP) is -0.110. The smallest absolute Gasteiger partial charge is 0.303 e. The highest BCUT2D eigenvalue weighted by Gasteiger charge is 2.15. The molecule has 0 heterocycles. The van der Waals surface area contributed by atoms with Crippen LogP contribution in [0, 0.1) is 0 Å². The molecule has 6 heteroatoms. The SMILES string of the molecule is C=C(NS(=O)(=O)N(C)CC)OC. The third kappa shape index (κ3) is 3.10. The van der Waals surface area contributed by atoms with Crippen molar-refractivity contribution in [1.82, 2.24) is 9.03 Å². The predicted molar refractivity (Wildman–Crippen MR) is 46.5 cm³/mol. The zero-order valence-electron chi connectivity index (χ0n) is 7.49. The van der Waals surface area contributed by atoms with Crippen LogP contribution in [0.15, 0.2) is 12.5 Å². The fraction of sp³-hybridized carbons (Fsp3) is 0.667. The molecule has 0 aliphatic heterocycles. The first kappa shape index (κ1) is 11.2. The summed E-state index contributed by atoms with van der Waals surface area (Å²) >= 11 is 0. The third-order valence-corrected chi connectivity index (χ3v) is 2.91. The summed E-state index contributed by atoms with van der Waals surface area (Å²) in [6, 6.07) is 0. The molecule has 0 amide bonds. The lowest BCUT2D eigenvalue weighted by atomic mass is 10.8. The fourth-order valence-electron chi connectivity index (χ4n) is 0.433. The van der Waals surface area contributed by atoms with E-state index >= 15 is 0 Å². The molecule has 0 bridgehead atoms. The molecule has 12 heavy (non-hydrogen) atoms. The molecule has 0 saturated carbocycles. The number of methoxy groups -OCH3 is 1. The standard InChI is InChI=1S/C6H14N2O3S/c1-5-8(3)12(9,10)7-6(2)11-4/h7H,2,5H2,1,3-4H3. The highest BCUT2D eigenvalue weighted by Crippen LogP contribution is 1.95. The molecule has 0 spiro atoms. The molecule has 0 radical (unpaired) electrons. The topological polar surface area (TPSA) is 58.6 Å². The van der Waals surface area contributed by atoms with E-state index in [0.717, 1.165) is 4.31 Å². The number of ether oxygens (including phenoxy) is 1. The molecule has 0 aromatic carbocycles. The van der Waals surface area contributed by atoms with Crippen LogP contribution in [-0.4, -0.2) is 33.4 Å². The van der Waals surface area contributed by atoms with Crippen LogP contribution in [0.1, 0.15) is 6.92 Å². The zero-order valence-corrected chi connectivity index (χ0v) is 8.31. The van der Waals surface area contributed by atoms with Crippen LogP contribution >= 0.6 is 0 Å². The first-order valence-electron chi connectivity index (χ1n) is 3.41. The molecule has 1 N–H and O–H groups in total. The molecule has 0 saturated heterocycles. The van der Waals surface area contributed by atoms with Gasteiger partial charge in [-0.15, -0.1) is 0 Å². The summed E-state index contributed by atoms with van der Waals surface area (Å²) in [5, 5.41) is 0. The quantitative estimate of drug-likeness (QED) is 0.621. The van der Waals surface area contributed by atoms with E-state index in [2.05, 4.69) is 16.0 Å². The Morgan fingerprint density at radius 2 is 2.17 bits per heavy atom. The van der Waals surface area contributed by atoms with Crippen LogP contribution in [-0.2, 0) is 14.9 Å². The largest absolute Gasteiger partial charge is 0.482 e. The molecule has 0 aliphatic carbocycles. The maximum atomic E-state index is 11.2. The van der Waals surface area contributed by atoms with Gasteiger partial charge in [0.25, 0.3) is 0 Å². The summed E-state index contributed by atoms with van der Waals surface area (Å²) in [6.07, 6.45) is 0. The van der Waals surface area contributed by atoms with Crippen molar-refractivity contribution in [1.29, 1.82) is 0 Å². The van der Waals surface area contributed by atoms with Gasteiger partial charge < -0.3 is 4.74 Å². The highest BCUT2D eigenvalue weighted by atomic mass is 32.2.